The lowest BCUT2D eigenvalue weighted by molar-refractivity contribution is 0.0571. The molecule has 6 nitrogen and oxygen atoms in total. The van der Waals surface area contributed by atoms with Gasteiger partial charge in [0.25, 0.3) is 0 Å². The maximum Gasteiger partial charge on any atom is 0.146 e. The largest absolute Gasteiger partial charge is 0.351 e. The number of fused-ring (bicyclic) bond motifs is 2. The molecule has 1 saturated heterocycles. The van der Waals surface area contributed by atoms with Crippen LogP contribution < -0.4 is 16.1 Å². The van der Waals surface area contributed by atoms with Crippen LogP contribution in [-0.2, 0) is 4.84 Å². The first-order chi connectivity index (χ1) is 6.93. The van der Waals surface area contributed by atoms with Crippen molar-refractivity contribution < 1.29 is 4.84 Å². The van der Waals surface area contributed by atoms with Gasteiger partial charge in [0, 0.05) is 6.20 Å². The second kappa shape index (κ2) is 3.07. The quantitative estimate of drug-likeness (QED) is 0.465. The van der Waals surface area contributed by atoms with Crippen LogP contribution in [-0.4, -0.2) is 31.0 Å². The number of nitrogens with zero attached hydrogens (tertiary/aromatic N) is 2. The highest BCUT2D eigenvalue weighted by atomic mass is 16.6. The Kier molecular flexibility index (Phi) is 1.74. The van der Waals surface area contributed by atoms with Gasteiger partial charge in [0.1, 0.15) is 12.0 Å². The van der Waals surface area contributed by atoms with Crippen molar-refractivity contribution >= 4 is 12.2 Å². The molecule has 0 aromatic rings. The highest BCUT2D eigenvalue weighted by molar-refractivity contribution is 5.89. The lowest BCUT2D eigenvalue weighted by atomic mass is 10.1. The van der Waals surface area contributed by atoms with E-state index in [1.165, 1.54) is 0 Å². The summed E-state index contributed by atoms with van der Waals surface area (Å²) in [6.45, 7) is 0.699. The van der Waals surface area contributed by atoms with E-state index in [-0.39, 0.29) is 12.2 Å². The van der Waals surface area contributed by atoms with E-state index in [9.17, 15) is 0 Å². The molecule has 1 fully saturated rings. The van der Waals surface area contributed by atoms with Gasteiger partial charge in [0.05, 0.1) is 24.7 Å². The van der Waals surface area contributed by atoms with Crippen LogP contribution in [0.4, 0.5) is 0 Å². The molecule has 0 bridgehead atoms. The predicted molar refractivity (Wildman–Crippen MR) is 51.6 cm³/mol. The molecule has 3 rings (SSSR count). The number of amidine groups is 1. The number of nitrogens with one attached hydrogen (secondary N) is 3. The Bertz CT molecular complexity index is 335. The third-order valence-electron chi connectivity index (χ3n) is 2.43. The number of hydrogen-bond donors (Lipinski definition) is 3. The molecule has 0 spiro atoms. The molecule has 2 unspecified atom stereocenters. The van der Waals surface area contributed by atoms with Gasteiger partial charge in [-0.1, -0.05) is 0 Å². The molecule has 3 heterocycles. The van der Waals surface area contributed by atoms with Gasteiger partial charge in [0.15, 0.2) is 0 Å². The fourth-order valence-corrected chi connectivity index (χ4v) is 1.72. The molecule has 0 aromatic carbocycles. The summed E-state index contributed by atoms with van der Waals surface area (Å²) < 4.78 is 0. The molecule has 6 heteroatoms. The first kappa shape index (κ1) is 7.95. The van der Waals surface area contributed by atoms with Crippen molar-refractivity contribution in [1.82, 2.24) is 16.1 Å². The van der Waals surface area contributed by atoms with Crippen molar-refractivity contribution in [3.05, 3.63) is 11.9 Å². The van der Waals surface area contributed by atoms with E-state index in [0.29, 0.717) is 6.61 Å². The van der Waals surface area contributed by atoms with Crippen molar-refractivity contribution in [1.29, 1.82) is 0 Å². The van der Waals surface area contributed by atoms with Crippen molar-refractivity contribution in [2.75, 3.05) is 6.61 Å². The van der Waals surface area contributed by atoms with E-state index in [0.717, 1.165) is 18.0 Å². The summed E-state index contributed by atoms with van der Waals surface area (Å²) in [6.07, 6.45) is 4.43. The Balaban J connectivity index is 1.91. The summed E-state index contributed by atoms with van der Waals surface area (Å²) in [5, 5.41) is 6.29. The molecule has 0 aromatic heterocycles. The van der Waals surface area contributed by atoms with Crippen LogP contribution in [0.3, 0.4) is 0 Å². The summed E-state index contributed by atoms with van der Waals surface area (Å²) in [6, 6.07) is 0.237. The van der Waals surface area contributed by atoms with Crippen LogP contribution in [0.1, 0.15) is 6.42 Å². The monoisotopic (exact) mass is 193 g/mol. The summed E-state index contributed by atoms with van der Waals surface area (Å²) in [4.78, 5) is 13.8. The smallest absolute Gasteiger partial charge is 0.146 e. The molecule has 0 amide bonds. The second-order valence-corrected chi connectivity index (χ2v) is 3.37. The zero-order valence-corrected chi connectivity index (χ0v) is 7.53. The van der Waals surface area contributed by atoms with E-state index in [2.05, 4.69) is 26.1 Å². The van der Waals surface area contributed by atoms with E-state index >= 15 is 0 Å². The fourth-order valence-electron chi connectivity index (χ4n) is 1.72. The van der Waals surface area contributed by atoms with Crippen molar-refractivity contribution in [3.63, 3.8) is 0 Å². The summed E-state index contributed by atoms with van der Waals surface area (Å²) in [7, 11) is 0. The molecular formula is C8H11N5O. The summed E-state index contributed by atoms with van der Waals surface area (Å²) >= 11 is 0. The molecule has 74 valence electrons. The van der Waals surface area contributed by atoms with Crippen LogP contribution in [0.15, 0.2) is 21.9 Å². The standard InChI is InChI=1S/C8H11N5O/c1-2-14-13-8-5(1)11-7-6(12-8)3-9-4-10-7/h3-5,7,11H,1-2H2,(H,9,10)(H,12,13). The van der Waals surface area contributed by atoms with Crippen LogP contribution in [0.2, 0.25) is 0 Å². The first-order valence-corrected chi connectivity index (χ1v) is 4.64. The van der Waals surface area contributed by atoms with E-state index < -0.39 is 0 Å². The molecule has 0 radical (unpaired) electrons. The van der Waals surface area contributed by atoms with E-state index in [1.54, 1.807) is 6.34 Å². The Labute approximate surface area is 81.1 Å². The van der Waals surface area contributed by atoms with Gasteiger partial charge in [-0.15, -0.1) is 0 Å². The molecule has 3 aliphatic heterocycles. The number of hydroxylamine groups is 1. The van der Waals surface area contributed by atoms with Gasteiger partial charge >= 0.3 is 0 Å². The van der Waals surface area contributed by atoms with Crippen molar-refractivity contribution in [2.45, 2.75) is 18.6 Å². The van der Waals surface area contributed by atoms with Gasteiger partial charge < -0.3 is 5.32 Å². The number of hydrogen-bond acceptors (Lipinski definition) is 6. The van der Waals surface area contributed by atoms with Gasteiger partial charge in [0.2, 0.25) is 0 Å². The van der Waals surface area contributed by atoms with Gasteiger partial charge in [-0.2, -0.15) is 0 Å². The first-order valence-electron chi connectivity index (χ1n) is 4.64. The Morgan fingerprint density at radius 1 is 1.50 bits per heavy atom. The minimum absolute atomic E-state index is 0.00935. The molecule has 2 atom stereocenters. The molecule has 0 saturated carbocycles. The van der Waals surface area contributed by atoms with E-state index in [1.807, 2.05) is 6.20 Å². The van der Waals surface area contributed by atoms with Gasteiger partial charge in [-0.3, -0.25) is 20.6 Å². The SMILES string of the molecule is C1=NC2NC3CCONC3=NC2=CN1. The zero-order valence-electron chi connectivity index (χ0n) is 7.53. The molecular weight excluding hydrogens is 182 g/mol. The lowest BCUT2D eigenvalue weighted by Gasteiger charge is -2.33. The van der Waals surface area contributed by atoms with Crippen LogP contribution >= 0.6 is 0 Å². The molecule has 3 aliphatic rings. The van der Waals surface area contributed by atoms with Crippen LogP contribution in [0.25, 0.3) is 0 Å². The highest BCUT2D eigenvalue weighted by Crippen LogP contribution is 2.17. The van der Waals surface area contributed by atoms with E-state index in [4.69, 9.17) is 4.84 Å². The van der Waals surface area contributed by atoms with Crippen LogP contribution in [0, 0.1) is 0 Å². The number of aliphatic imine (C=N–C) groups is 2. The highest BCUT2D eigenvalue weighted by Gasteiger charge is 2.30. The second-order valence-electron chi connectivity index (χ2n) is 3.37. The van der Waals surface area contributed by atoms with Crippen LogP contribution in [0.5, 0.6) is 0 Å². The topological polar surface area (TPSA) is 70.0 Å². The Hall–Kier alpha value is -1.40. The van der Waals surface area contributed by atoms with Crippen molar-refractivity contribution in [3.8, 4) is 0 Å². The zero-order chi connectivity index (χ0) is 9.38. The Morgan fingerprint density at radius 2 is 2.50 bits per heavy atom. The normalized spacial score (nSPS) is 34.3. The maximum atomic E-state index is 5.11. The average molecular weight is 193 g/mol. The molecule has 0 aliphatic carbocycles. The Morgan fingerprint density at radius 3 is 3.50 bits per heavy atom. The number of rotatable bonds is 0. The summed E-state index contributed by atoms with van der Waals surface area (Å²) in [5.41, 5.74) is 3.71. The lowest BCUT2D eigenvalue weighted by Crippen LogP contribution is -2.55. The molecule has 3 N–H and O–H groups in total. The minimum atomic E-state index is -0.00935. The maximum absolute atomic E-state index is 5.11. The van der Waals surface area contributed by atoms with Crippen molar-refractivity contribution in [2.24, 2.45) is 9.98 Å². The molecule has 14 heavy (non-hydrogen) atoms. The third-order valence-corrected chi connectivity index (χ3v) is 2.43. The fraction of sp³-hybridized carbons (Fsp3) is 0.500. The minimum Gasteiger partial charge on any atom is -0.351 e. The third kappa shape index (κ3) is 1.19. The van der Waals surface area contributed by atoms with Gasteiger partial charge in [-0.25, -0.2) is 4.99 Å². The predicted octanol–water partition coefficient (Wildman–Crippen LogP) is -0.919. The van der Waals surface area contributed by atoms with Gasteiger partial charge in [-0.05, 0) is 6.42 Å². The summed E-state index contributed by atoms with van der Waals surface area (Å²) in [5.74, 6) is 0.845. The average Bonchev–Trinajstić information content (AvgIpc) is 2.26.